The molecule has 0 saturated carbocycles. The van der Waals surface area contributed by atoms with Gasteiger partial charge in [-0.2, -0.15) is 0 Å². The van der Waals surface area contributed by atoms with Crippen molar-refractivity contribution in [1.29, 1.82) is 0 Å². The maximum Gasteiger partial charge on any atom is 0.342 e. The fourth-order valence-corrected chi connectivity index (χ4v) is 1.89. The van der Waals surface area contributed by atoms with E-state index in [4.69, 9.17) is 15.2 Å². The second-order valence-corrected chi connectivity index (χ2v) is 4.36. The molecule has 1 heterocycles. The first-order valence-corrected chi connectivity index (χ1v) is 6.80. The Bertz CT molecular complexity index is 600. The van der Waals surface area contributed by atoms with Gasteiger partial charge in [-0.3, -0.25) is 4.98 Å². The molecule has 0 spiro atoms. The van der Waals surface area contributed by atoms with Gasteiger partial charge in [-0.1, -0.05) is 12.1 Å². The molecule has 0 aliphatic rings. The summed E-state index contributed by atoms with van der Waals surface area (Å²) in [7, 11) is 0. The predicted molar refractivity (Wildman–Crippen MR) is 80.2 cm³/mol. The first-order valence-electron chi connectivity index (χ1n) is 6.80. The Hall–Kier alpha value is -2.56. The lowest BCUT2D eigenvalue weighted by molar-refractivity contribution is 0.0504. The predicted octanol–water partition coefficient (Wildman–Crippen LogP) is 2.46. The Morgan fingerprint density at radius 1 is 1.24 bits per heavy atom. The van der Waals surface area contributed by atoms with E-state index < -0.39 is 5.97 Å². The lowest BCUT2D eigenvalue weighted by Crippen LogP contribution is -2.11. The lowest BCUT2D eigenvalue weighted by atomic mass is 10.1. The zero-order chi connectivity index (χ0) is 15.1. The average molecular weight is 286 g/mol. The molecular formula is C16H18N2O3. The van der Waals surface area contributed by atoms with Crippen molar-refractivity contribution in [3.63, 3.8) is 0 Å². The molecule has 0 amide bonds. The van der Waals surface area contributed by atoms with Gasteiger partial charge in [0.25, 0.3) is 0 Å². The standard InChI is InChI=1S/C16H18N2O3/c1-2-20-15-13(7-5-8-14(15)17)16(19)21-11-9-12-6-3-4-10-18-12/h3-8,10H,2,9,11,17H2,1H3. The molecule has 2 rings (SSSR count). The van der Waals surface area contributed by atoms with Crippen LogP contribution in [0.15, 0.2) is 42.6 Å². The molecule has 0 radical (unpaired) electrons. The Labute approximate surface area is 123 Å². The van der Waals surface area contributed by atoms with Gasteiger partial charge in [-0.15, -0.1) is 0 Å². The van der Waals surface area contributed by atoms with Crippen LogP contribution in [0.4, 0.5) is 5.69 Å². The highest BCUT2D eigenvalue weighted by atomic mass is 16.5. The number of para-hydroxylation sites is 1. The minimum absolute atomic E-state index is 0.260. The van der Waals surface area contributed by atoms with E-state index in [1.807, 2.05) is 25.1 Å². The fourth-order valence-electron chi connectivity index (χ4n) is 1.89. The van der Waals surface area contributed by atoms with Crippen molar-refractivity contribution in [2.45, 2.75) is 13.3 Å². The molecule has 0 aliphatic carbocycles. The van der Waals surface area contributed by atoms with Gasteiger partial charge < -0.3 is 15.2 Å². The summed E-state index contributed by atoms with van der Waals surface area (Å²) in [5.41, 5.74) is 7.47. The number of nitrogen functional groups attached to an aromatic ring is 1. The molecule has 110 valence electrons. The van der Waals surface area contributed by atoms with Crippen molar-refractivity contribution in [3.8, 4) is 5.75 Å². The monoisotopic (exact) mass is 286 g/mol. The zero-order valence-electron chi connectivity index (χ0n) is 11.9. The Morgan fingerprint density at radius 2 is 2.10 bits per heavy atom. The molecule has 0 aliphatic heterocycles. The van der Waals surface area contributed by atoms with E-state index >= 15 is 0 Å². The summed E-state index contributed by atoms with van der Waals surface area (Å²) in [4.78, 5) is 16.3. The van der Waals surface area contributed by atoms with Crippen LogP contribution in [0.2, 0.25) is 0 Å². The van der Waals surface area contributed by atoms with Crippen LogP contribution in [0.25, 0.3) is 0 Å². The molecule has 1 aromatic heterocycles. The van der Waals surface area contributed by atoms with Crippen LogP contribution in [0.5, 0.6) is 5.75 Å². The van der Waals surface area contributed by atoms with Crippen LogP contribution in [0.1, 0.15) is 23.0 Å². The second kappa shape index (κ2) is 7.28. The molecule has 0 bridgehead atoms. The molecule has 1 aromatic carbocycles. The summed E-state index contributed by atoms with van der Waals surface area (Å²) in [6.07, 6.45) is 2.28. The lowest BCUT2D eigenvalue weighted by Gasteiger charge is -2.12. The van der Waals surface area contributed by atoms with Crippen LogP contribution in [0, 0.1) is 0 Å². The van der Waals surface area contributed by atoms with E-state index in [2.05, 4.69) is 4.98 Å². The summed E-state index contributed by atoms with van der Waals surface area (Å²) in [6.45, 7) is 2.53. The van der Waals surface area contributed by atoms with Crippen LogP contribution < -0.4 is 10.5 Å². The van der Waals surface area contributed by atoms with Gasteiger partial charge in [-0.25, -0.2) is 4.79 Å². The van der Waals surface area contributed by atoms with E-state index in [-0.39, 0.29) is 6.61 Å². The van der Waals surface area contributed by atoms with Gasteiger partial charge >= 0.3 is 5.97 Å². The molecule has 0 fully saturated rings. The van der Waals surface area contributed by atoms with Crippen molar-refractivity contribution in [2.24, 2.45) is 0 Å². The number of ether oxygens (including phenoxy) is 2. The highest BCUT2D eigenvalue weighted by molar-refractivity contribution is 5.94. The second-order valence-electron chi connectivity index (χ2n) is 4.36. The van der Waals surface area contributed by atoms with E-state index in [1.165, 1.54) is 0 Å². The van der Waals surface area contributed by atoms with E-state index in [9.17, 15) is 4.79 Å². The summed E-state index contributed by atoms with van der Waals surface area (Å²) >= 11 is 0. The third-order valence-corrected chi connectivity index (χ3v) is 2.87. The smallest absolute Gasteiger partial charge is 0.342 e. The fraction of sp³-hybridized carbons (Fsp3) is 0.250. The summed E-state index contributed by atoms with van der Waals surface area (Å²) in [5, 5.41) is 0. The number of nitrogens with zero attached hydrogens (tertiary/aromatic N) is 1. The molecule has 0 saturated heterocycles. The first kappa shape index (κ1) is 14.8. The number of hydrogen-bond acceptors (Lipinski definition) is 5. The first-order chi connectivity index (χ1) is 10.2. The SMILES string of the molecule is CCOc1c(N)cccc1C(=O)OCCc1ccccn1. The average Bonchev–Trinajstić information content (AvgIpc) is 2.50. The number of nitrogens with two attached hydrogens (primary N) is 1. The maximum atomic E-state index is 12.1. The van der Waals surface area contributed by atoms with Crippen LogP contribution in [-0.2, 0) is 11.2 Å². The molecule has 5 heteroatoms. The Kier molecular flexibility index (Phi) is 5.15. The summed E-state index contributed by atoms with van der Waals surface area (Å²) < 4.78 is 10.7. The zero-order valence-corrected chi connectivity index (χ0v) is 11.9. The van der Waals surface area contributed by atoms with Crippen LogP contribution in [-0.4, -0.2) is 24.2 Å². The van der Waals surface area contributed by atoms with Crippen LogP contribution in [0.3, 0.4) is 0 Å². The van der Waals surface area contributed by atoms with E-state index in [1.54, 1.807) is 24.4 Å². The van der Waals surface area contributed by atoms with Crippen molar-refractivity contribution in [3.05, 3.63) is 53.9 Å². The Balaban J connectivity index is 1.99. The number of anilines is 1. The minimum atomic E-state index is -0.443. The molecule has 0 unspecified atom stereocenters. The molecule has 5 nitrogen and oxygen atoms in total. The molecule has 21 heavy (non-hydrogen) atoms. The van der Waals surface area contributed by atoms with Crippen molar-refractivity contribution in [1.82, 2.24) is 4.98 Å². The minimum Gasteiger partial charge on any atom is -0.491 e. The third-order valence-electron chi connectivity index (χ3n) is 2.87. The Morgan fingerprint density at radius 3 is 2.81 bits per heavy atom. The van der Waals surface area contributed by atoms with Gasteiger partial charge in [-0.05, 0) is 31.2 Å². The third kappa shape index (κ3) is 3.95. The van der Waals surface area contributed by atoms with Gasteiger partial charge in [0.1, 0.15) is 5.56 Å². The van der Waals surface area contributed by atoms with Gasteiger partial charge in [0, 0.05) is 18.3 Å². The van der Waals surface area contributed by atoms with Crippen LogP contribution >= 0.6 is 0 Å². The number of carbonyl (C=O) groups excluding carboxylic acids is 1. The van der Waals surface area contributed by atoms with Crippen molar-refractivity contribution >= 4 is 11.7 Å². The summed E-state index contributed by atoms with van der Waals surface area (Å²) in [6, 6.07) is 10.7. The molecular weight excluding hydrogens is 268 g/mol. The number of esters is 1. The maximum absolute atomic E-state index is 12.1. The van der Waals surface area contributed by atoms with Gasteiger partial charge in [0.15, 0.2) is 5.75 Å². The number of benzene rings is 1. The number of hydrogen-bond donors (Lipinski definition) is 1. The highest BCUT2D eigenvalue weighted by Crippen LogP contribution is 2.27. The molecule has 2 aromatic rings. The summed E-state index contributed by atoms with van der Waals surface area (Å²) in [5.74, 6) is -0.0653. The highest BCUT2D eigenvalue weighted by Gasteiger charge is 2.16. The van der Waals surface area contributed by atoms with Crippen molar-refractivity contribution < 1.29 is 14.3 Å². The number of pyridine rings is 1. The quantitative estimate of drug-likeness (QED) is 0.652. The normalized spacial score (nSPS) is 10.1. The van der Waals surface area contributed by atoms with E-state index in [0.29, 0.717) is 30.0 Å². The molecule has 0 atom stereocenters. The van der Waals surface area contributed by atoms with Crippen molar-refractivity contribution in [2.75, 3.05) is 18.9 Å². The number of carbonyl (C=O) groups is 1. The number of rotatable bonds is 6. The van der Waals surface area contributed by atoms with Gasteiger partial charge in [0.05, 0.1) is 18.9 Å². The molecule has 2 N–H and O–H groups in total. The van der Waals surface area contributed by atoms with E-state index in [0.717, 1.165) is 5.69 Å². The number of aromatic nitrogens is 1. The topological polar surface area (TPSA) is 74.4 Å². The largest absolute Gasteiger partial charge is 0.491 e. The van der Waals surface area contributed by atoms with Gasteiger partial charge in [0.2, 0.25) is 0 Å².